The van der Waals surface area contributed by atoms with E-state index >= 15 is 0 Å². The molecule has 0 radical (unpaired) electrons. The molecule has 1 aliphatic rings. The van der Waals surface area contributed by atoms with Crippen molar-refractivity contribution >= 4 is 23.6 Å². The predicted octanol–water partition coefficient (Wildman–Crippen LogP) is 2.50. The Balaban J connectivity index is 1.90. The average molecular weight is 347 g/mol. The number of carbonyl (C=O) groups excluding carboxylic acids is 2. The second-order valence-electron chi connectivity index (χ2n) is 5.04. The minimum Gasteiger partial charge on any atom is -0.467 e. The summed E-state index contributed by atoms with van der Waals surface area (Å²) in [5.41, 5.74) is 0.0250. The first-order chi connectivity index (χ1) is 10.9. The maximum absolute atomic E-state index is 13.5. The molecule has 1 aliphatic heterocycles. The first-order valence-electron chi connectivity index (χ1n) is 7.06. The molecule has 0 saturated carbocycles. The Kier molecular flexibility index (Phi) is 5.92. The number of halogens is 3. The molecule has 1 aromatic carbocycles. The number of aryl methyl sites for hydroxylation is 1. The molecule has 126 valence electrons. The molecule has 0 N–H and O–H groups in total. The van der Waals surface area contributed by atoms with Crippen LogP contribution in [-0.4, -0.2) is 41.6 Å². The van der Waals surface area contributed by atoms with Crippen LogP contribution >= 0.6 is 11.8 Å². The van der Waals surface area contributed by atoms with Crippen LogP contribution in [0.3, 0.4) is 0 Å². The summed E-state index contributed by atoms with van der Waals surface area (Å²) in [7, 11) is 1.26. The van der Waals surface area contributed by atoms with Crippen molar-refractivity contribution in [1.29, 1.82) is 0 Å². The van der Waals surface area contributed by atoms with Crippen LogP contribution in [0.4, 0.5) is 13.2 Å². The first kappa shape index (κ1) is 17.7. The quantitative estimate of drug-likeness (QED) is 0.607. The number of nitrogens with zero attached hydrogens (tertiary/aromatic N) is 1. The van der Waals surface area contributed by atoms with E-state index in [-0.39, 0.29) is 30.7 Å². The van der Waals surface area contributed by atoms with Gasteiger partial charge in [-0.05, 0) is 24.5 Å². The lowest BCUT2D eigenvalue weighted by molar-refractivity contribution is -0.148. The molecule has 0 spiro atoms. The summed E-state index contributed by atoms with van der Waals surface area (Å²) in [5.74, 6) is -3.27. The fourth-order valence-electron chi connectivity index (χ4n) is 2.35. The number of esters is 1. The van der Waals surface area contributed by atoms with Gasteiger partial charge in [-0.2, -0.15) is 0 Å². The number of amides is 1. The zero-order valence-electron chi connectivity index (χ0n) is 12.5. The molecule has 1 saturated heterocycles. The highest BCUT2D eigenvalue weighted by atomic mass is 32.2. The van der Waals surface area contributed by atoms with Crippen LogP contribution in [0.1, 0.15) is 18.4 Å². The Morgan fingerprint density at radius 3 is 2.65 bits per heavy atom. The highest BCUT2D eigenvalue weighted by Gasteiger charge is 2.35. The van der Waals surface area contributed by atoms with Gasteiger partial charge < -0.3 is 9.64 Å². The van der Waals surface area contributed by atoms with Crippen molar-refractivity contribution in [1.82, 2.24) is 4.90 Å². The van der Waals surface area contributed by atoms with Crippen molar-refractivity contribution in [3.8, 4) is 0 Å². The number of benzene rings is 1. The number of hydrogen-bond donors (Lipinski definition) is 0. The molecule has 1 unspecified atom stereocenters. The molecule has 8 heteroatoms. The number of rotatable bonds is 5. The van der Waals surface area contributed by atoms with E-state index in [0.29, 0.717) is 18.4 Å². The lowest BCUT2D eigenvalue weighted by Crippen LogP contribution is -2.39. The van der Waals surface area contributed by atoms with Gasteiger partial charge >= 0.3 is 5.97 Å². The number of ether oxygens (including phenoxy) is 1. The van der Waals surface area contributed by atoms with E-state index in [2.05, 4.69) is 4.74 Å². The van der Waals surface area contributed by atoms with E-state index in [1.54, 1.807) is 0 Å². The molecule has 1 heterocycles. The summed E-state index contributed by atoms with van der Waals surface area (Å²) >= 11 is 1.33. The van der Waals surface area contributed by atoms with Gasteiger partial charge in [0.25, 0.3) is 0 Å². The van der Waals surface area contributed by atoms with E-state index < -0.39 is 28.8 Å². The van der Waals surface area contributed by atoms with E-state index in [1.807, 2.05) is 0 Å². The van der Waals surface area contributed by atoms with Crippen molar-refractivity contribution in [3.63, 3.8) is 0 Å². The summed E-state index contributed by atoms with van der Waals surface area (Å²) in [6.45, 7) is 0.447. The third-order valence-electron chi connectivity index (χ3n) is 3.54. The minimum absolute atomic E-state index is 0.0250. The van der Waals surface area contributed by atoms with Crippen molar-refractivity contribution < 1.29 is 27.5 Å². The van der Waals surface area contributed by atoms with Crippen molar-refractivity contribution in [2.24, 2.45) is 0 Å². The van der Waals surface area contributed by atoms with Gasteiger partial charge in [0.15, 0.2) is 17.0 Å². The third-order valence-corrected chi connectivity index (χ3v) is 4.72. The predicted molar refractivity (Wildman–Crippen MR) is 79.2 cm³/mol. The topological polar surface area (TPSA) is 46.6 Å². The minimum atomic E-state index is -1.24. The van der Waals surface area contributed by atoms with Gasteiger partial charge in [-0.25, -0.2) is 18.0 Å². The van der Waals surface area contributed by atoms with Crippen LogP contribution in [0.25, 0.3) is 0 Å². The van der Waals surface area contributed by atoms with Crippen LogP contribution in [-0.2, 0) is 20.7 Å². The molecule has 2 rings (SSSR count). The number of hydrogen-bond acceptors (Lipinski definition) is 4. The fourth-order valence-corrected chi connectivity index (χ4v) is 3.51. The number of thioether (sulfide) groups is 1. The summed E-state index contributed by atoms with van der Waals surface area (Å²) in [6, 6.07) is 1.30. The summed E-state index contributed by atoms with van der Waals surface area (Å²) < 4.78 is 44.1. The maximum atomic E-state index is 13.5. The molecule has 23 heavy (non-hydrogen) atoms. The zero-order chi connectivity index (χ0) is 17.0. The third kappa shape index (κ3) is 4.19. The largest absolute Gasteiger partial charge is 0.467 e. The van der Waals surface area contributed by atoms with Crippen LogP contribution in [0.15, 0.2) is 12.1 Å². The van der Waals surface area contributed by atoms with Gasteiger partial charge in [-0.1, -0.05) is 0 Å². The number of methoxy groups -OCH3 is 1. The molecule has 1 amide bonds. The second kappa shape index (κ2) is 7.72. The first-order valence-corrected chi connectivity index (χ1v) is 8.11. The van der Waals surface area contributed by atoms with E-state index in [1.165, 1.54) is 23.8 Å². The molecule has 1 fully saturated rings. The van der Waals surface area contributed by atoms with Gasteiger partial charge in [0.05, 0.1) is 7.11 Å². The van der Waals surface area contributed by atoms with Crippen LogP contribution in [0.5, 0.6) is 0 Å². The highest BCUT2D eigenvalue weighted by molar-refractivity contribution is 8.00. The van der Waals surface area contributed by atoms with E-state index in [4.69, 9.17) is 0 Å². The maximum Gasteiger partial charge on any atom is 0.339 e. The lowest BCUT2D eigenvalue weighted by Gasteiger charge is -2.21. The normalized spacial score (nSPS) is 17.4. The highest BCUT2D eigenvalue weighted by Crippen LogP contribution is 2.26. The molecule has 1 aromatic rings. The van der Waals surface area contributed by atoms with Crippen LogP contribution < -0.4 is 0 Å². The fraction of sp³-hybridized carbons (Fsp3) is 0.467. The molecule has 4 nitrogen and oxygen atoms in total. The van der Waals surface area contributed by atoms with Gasteiger partial charge in [-0.15, -0.1) is 11.8 Å². The Morgan fingerprint density at radius 2 is 1.96 bits per heavy atom. The average Bonchev–Trinajstić information content (AvgIpc) is 3.01. The standard InChI is InChI=1S/C15H16F3NO3S/c1-22-15(21)14-19(5-6-23-14)13(20)4-2-3-9-7-11(17)12(18)8-10(9)16/h7-8,14H,2-6H2,1H3. The zero-order valence-corrected chi connectivity index (χ0v) is 13.3. The Labute approximate surface area is 136 Å². The molecule has 1 atom stereocenters. The molecule has 0 aromatic heterocycles. The Hall–Kier alpha value is -1.70. The van der Waals surface area contributed by atoms with Crippen LogP contribution in [0, 0.1) is 17.5 Å². The van der Waals surface area contributed by atoms with Gasteiger partial charge in [0.2, 0.25) is 5.91 Å². The monoisotopic (exact) mass is 347 g/mol. The summed E-state index contributed by atoms with van der Waals surface area (Å²) in [5, 5.41) is -0.646. The molecule has 0 aliphatic carbocycles. The molecular formula is C15H16F3NO3S. The smallest absolute Gasteiger partial charge is 0.339 e. The Bertz CT molecular complexity index is 612. The second-order valence-corrected chi connectivity index (χ2v) is 6.23. The van der Waals surface area contributed by atoms with Crippen molar-refractivity contribution in [2.75, 3.05) is 19.4 Å². The van der Waals surface area contributed by atoms with Gasteiger partial charge in [0.1, 0.15) is 5.82 Å². The SMILES string of the molecule is COC(=O)C1SCCN1C(=O)CCCc1cc(F)c(F)cc1F. The molecular weight excluding hydrogens is 331 g/mol. The van der Waals surface area contributed by atoms with E-state index in [0.717, 1.165) is 6.07 Å². The van der Waals surface area contributed by atoms with E-state index in [9.17, 15) is 22.8 Å². The van der Waals surface area contributed by atoms with Crippen LogP contribution in [0.2, 0.25) is 0 Å². The van der Waals surface area contributed by atoms with Gasteiger partial charge in [0, 0.05) is 24.8 Å². The lowest BCUT2D eigenvalue weighted by atomic mass is 10.1. The van der Waals surface area contributed by atoms with Crippen molar-refractivity contribution in [3.05, 3.63) is 35.1 Å². The van der Waals surface area contributed by atoms with Crippen molar-refractivity contribution in [2.45, 2.75) is 24.6 Å². The number of carbonyl (C=O) groups is 2. The Morgan fingerprint density at radius 1 is 1.26 bits per heavy atom. The summed E-state index contributed by atoms with van der Waals surface area (Å²) in [4.78, 5) is 25.2. The molecule has 0 bridgehead atoms. The van der Waals surface area contributed by atoms with Gasteiger partial charge in [-0.3, -0.25) is 4.79 Å². The summed E-state index contributed by atoms with van der Waals surface area (Å²) in [6.07, 6.45) is 0.473.